The van der Waals surface area contributed by atoms with Gasteiger partial charge in [0.15, 0.2) is 0 Å². The van der Waals surface area contributed by atoms with E-state index in [4.69, 9.17) is 0 Å². The van der Waals surface area contributed by atoms with Gasteiger partial charge in [0.2, 0.25) is 0 Å². The first kappa shape index (κ1) is 8.31. The summed E-state index contributed by atoms with van der Waals surface area (Å²) in [5.41, 5.74) is 0.839. The summed E-state index contributed by atoms with van der Waals surface area (Å²) in [5, 5.41) is 0. The van der Waals surface area contributed by atoms with Crippen molar-refractivity contribution in [3.05, 3.63) is 0 Å². The van der Waals surface area contributed by atoms with Gasteiger partial charge >= 0.3 is 0 Å². The van der Waals surface area contributed by atoms with E-state index in [1.807, 2.05) is 0 Å². The third kappa shape index (κ3) is 2.12. The summed E-state index contributed by atoms with van der Waals surface area (Å²) in [6, 6.07) is 0. The van der Waals surface area contributed by atoms with Crippen LogP contribution in [0.25, 0.3) is 0 Å². The number of hydrogen-bond donors (Lipinski definition) is 0. The fraction of sp³-hybridized carbons (Fsp3) is 1.00. The molecule has 1 saturated carbocycles. The lowest BCUT2D eigenvalue weighted by Crippen LogP contribution is -2.01. The Morgan fingerprint density at radius 3 is 2.70 bits per heavy atom. The fourth-order valence-electron chi connectivity index (χ4n) is 1.85. The van der Waals surface area contributed by atoms with Crippen LogP contribution in [0, 0.1) is 5.92 Å². The van der Waals surface area contributed by atoms with Crippen molar-refractivity contribution in [2.45, 2.75) is 51.0 Å². The smallest absolute Gasteiger partial charge is 0.0270 e. The van der Waals surface area contributed by atoms with Crippen LogP contribution in [-0.2, 0) is 0 Å². The standard InChI is InChI=1S/C9H17Si/c1-2-3-5-8-6-4-7-9(8)10/h8-9H,2-7H2,1H3. The van der Waals surface area contributed by atoms with Gasteiger partial charge < -0.3 is 0 Å². The second kappa shape index (κ2) is 4.17. The van der Waals surface area contributed by atoms with Gasteiger partial charge in [-0.05, 0) is 11.5 Å². The van der Waals surface area contributed by atoms with Crippen LogP contribution in [0.1, 0.15) is 45.4 Å². The Balaban J connectivity index is 2.14. The van der Waals surface area contributed by atoms with Crippen LogP contribution < -0.4 is 0 Å². The molecule has 1 heteroatoms. The maximum absolute atomic E-state index is 3.78. The molecule has 0 spiro atoms. The molecule has 0 N–H and O–H groups in total. The molecular formula is C9H17Si. The highest BCUT2D eigenvalue weighted by atomic mass is 28.1. The molecule has 1 fully saturated rings. The summed E-state index contributed by atoms with van der Waals surface area (Å²) < 4.78 is 0. The molecule has 0 saturated heterocycles. The molecule has 2 atom stereocenters. The van der Waals surface area contributed by atoms with E-state index in [9.17, 15) is 0 Å². The molecule has 57 valence electrons. The van der Waals surface area contributed by atoms with Crippen molar-refractivity contribution < 1.29 is 0 Å². The van der Waals surface area contributed by atoms with Crippen LogP contribution >= 0.6 is 0 Å². The predicted octanol–water partition coefficient (Wildman–Crippen LogP) is 2.93. The molecule has 10 heavy (non-hydrogen) atoms. The molecule has 0 aromatic heterocycles. The molecule has 0 aromatic carbocycles. The third-order valence-corrected chi connectivity index (χ3v) is 3.35. The molecule has 0 bridgehead atoms. The van der Waals surface area contributed by atoms with Crippen molar-refractivity contribution in [1.29, 1.82) is 0 Å². The Bertz CT molecular complexity index is 90.7. The summed E-state index contributed by atoms with van der Waals surface area (Å²) in [4.78, 5) is 0. The first-order chi connectivity index (χ1) is 4.84. The zero-order chi connectivity index (χ0) is 7.40. The third-order valence-electron chi connectivity index (χ3n) is 2.59. The van der Waals surface area contributed by atoms with Crippen LogP contribution in [0.15, 0.2) is 0 Å². The molecule has 0 aliphatic heterocycles. The van der Waals surface area contributed by atoms with Gasteiger partial charge in [-0.3, -0.25) is 0 Å². The van der Waals surface area contributed by atoms with Crippen molar-refractivity contribution >= 4 is 10.2 Å². The first-order valence-electron chi connectivity index (χ1n) is 4.55. The maximum atomic E-state index is 3.78. The molecule has 1 aliphatic rings. The van der Waals surface area contributed by atoms with Crippen molar-refractivity contribution in [1.82, 2.24) is 0 Å². The van der Waals surface area contributed by atoms with Crippen LogP contribution in [-0.4, -0.2) is 10.2 Å². The van der Waals surface area contributed by atoms with E-state index in [0.29, 0.717) is 0 Å². The molecule has 0 nitrogen and oxygen atoms in total. The molecule has 3 radical (unpaired) electrons. The van der Waals surface area contributed by atoms with Crippen molar-refractivity contribution in [3.8, 4) is 0 Å². The van der Waals surface area contributed by atoms with Gasteiger partial charge in [-0.25, -0.2) is 0 Å². The van der Waals surface area contributed by atoms with Crippen molar-refractivity contribution in [2.75, 3.05) is 0 Å². The molecule has 2 unspecified atom stereocenters. The second-order valence-electron chi connectivity index (χ2n) is 3.44. The van der Waals surface area contributed by atoms with E-state index < -0.39 is 0 Å². The van der Waals surface area contributed by atoms with Gasteiger partial charge in [-0.2, -0.15) is 0 Å². The summed E-state index contributed by atoms with van der Waals surface area (Å²) in [7, 11) is 3.78. The molecule has 0 heterocycles. The minimum Gasteiger partial charge on any atom is -0.0654 e. The van der Waals surface area contributed by atoms with Gasteiger partial charge in [-0.15, -0.1) is 0 Å². The van der Waals surface area contributed by atoms with Gasteiger partial charge in [0.1, 0.15) is 0 Å². The number of hydrogen-bond acceptors (Lipinski definition) is 0. The average Bonchev–Trinajstić information content (AvgIpc) is 2.31. The summed E-state index contributed by atoms with van der Waals surface area (Å²) >= 11 is 0. The van der Waals surface area contributed by atoms with E-state index in [2.05, 4.69) is 17.2 Å². The molecule has 0 amide bonds. The molecular weight excluding hydrogens is 136 g/mol. The highest BCUT2D eigenvalue weighted by Crippen LogP contribution is 2.37. The van der Waals surface area contributed by atoms with E-state index in [1.54, 1.807) is 0 Å². The van der Waals surface area contributed by atoms with Crippen LogP contribution in [0.4, 0.5) is 0 Å². The lowest BCUT2D eigenvalue weighted by molar-refractivity contribution is 0.480. The first-order valence-corrected chi connectivity index (χ1v) is 5.13. The molecule has 1 rings (SSSR count). The van der Waals surface area contributed by atoms with E-state index in [-0.39, 0.29) is 0 Å². The second-order valence-corrected chi connectivity index (χ2v) is 4.18. The summed E-state index contributed by atoms with van der Waals surface area (Å²) in [6.07, 6.45) is 8.55. The largest absolute Gasteiger partial charge is 0.0654 e. The highest BCUT2D eigenvalue weighted by Gasteiger charge is 2.21. The topological polar surface area (TPSA) is 0 Å². The average molecular weight is 153 g/mol. The van der Waals surface area contributed by atoms with Gasteiger partial charge in [0.25, 0.3) is 0 Å². The van der Waals surface area contributed by atoms with E-state index >= 15 is 0 Å². The van der Waals surface area contributed by atoms with Gasteiger partial charge in [0.05, 0.1) is 0 Å². The Morgan fingerprint density at radius 1 is 1.40 bits per heavy atom. The number of unbranched alkanes of at least 4 members (excludes halogenated alkanes) is 1. The minimum absolute atomic E-state index is 0.839. The van der Waals surface area contributed by atoms with Crippen molar-refractivity contribution in [3.63, 3.8) is 0 Å². The lowest BCUT2D eigenvalue weighted by Gasteiger charge is -2.13. The summed E-state index contributed by atoms with van der Waals surface area (Å²) in [6.45, 7) is 2.28. The van der Waals surface area contributed by atoms with Crippen molar-refractivity contribution in [2.24, 2.45) is 5.92 Å². The minimum atomic E-state index is 0.839. The Morgan fingerprint density at radius 2 is 2.20 bits per heavy atom. The Kier molecular flexibility index (Phi) is 3.47. The van der Waals surface area contributed by atoms with E-state index in [1.165, 1.54) is 38.5 Å². The van der Waals surface area contributed by atoms with Crippen LogP contribution in [0.3, 0.4) is 0 Å². The SMILES string of the molecule is CCCCC1CCCC1[Si]. The zero-order valence-corrected chi connectivity index (χ0v) is 7.90. The zero-order valence-electron chi connectivity index (χ0n) is 6.90. The Hall–Kier alpha value is 0.217. The summed E-state index contributed by atoms with van der Waals surface area (Å²) in [5.74, 6) is 0.997. The van der Waals surface area contributed by atoms with Gasteiger partial charge in [-0.1, -0.05) is 45.4 Å². The molecule has 1 aliphatic carbocycles. The molecule has 0 aromatic rings. The Labute approximate surface area is 67.8 Å². The fourth-order valence-corrected chi connectivity index (χ4v) is 2.39. The maximum Gasteiger partial charge on any atom is 0.0270 e. The van der Waals surface area contributed by atoms with E-state index in [0.717, 1.165) is 11.5 Å². The highest BCUT2D eigenvalue weighted by molar-refractivity contribution is 6.11. The van der Waals surface area contributed by atoms with Crippen LogP contribution in [0.5, 0.6) is 0 Å². The van der Waals surface area contributed by atoms with Crippen LogP contribution in [0.2, 0.25) is 5.54 Å². The van der Waals surface area contributed by atoms with Gasteiger partial charge in [0, 0.05) is 10.2 Å². The normalized spacial score (nSPS) is 33.0. The predicted molar refractivity (Wildman–Crippen MR) is 46.4 cm³/mol. The monoisotopic (exact) mass is 153 g/mol. The number of rotatable bonds is 3. The quantitative estimate of drug-likeness (QED) is 0.547. The lowest BCUT2D eigenvalue weighted by atomic mass is 10.0.